The van der Waals surface area contributed by atoms with Crippen molar-refractivity contribution in [2.75, 3.05) is 18.4 Å². The lowest BCUT2D eigenvalue weighted by Crippen LogP contribution is -2.52. The molecule has 1 heterocycles. The minimum absolute atomic E-state index is 0.00373. The third-order valence-corrected chi connectivity index (χ3v) is 6.56. The molecule has 0 saturated heterocycles. The van der Waals surface area contributed by atoms with Crippen LogP contribution < -0.4 is 44.5 Å². The van der Waals surface area contributed by atoms with E-state index in [2.05, 4.69) is 25.9 Å². The Labute approximate surface area is 259 Å². The second-order valence-electron chi connectivity index (χ2n) is 10.2. The topological polar surface area (TPSA) is 256 Å². The van der Waals surface area contributed by atoms with Crippen molar-refractivity contribution >= 4 is 46.5 Å². The van der Waals surface area contributed by atoms with Crippen LogP contribution in [0.3, 0.4) is 0 Å². The van der Waals surface area contributed by atoms with Gasteiger partial charge in [0.25, 0.3) is 0 Å². The maximum Gasteiger partial charge on any atom is 0.408 e. The van der Waals surface area contributed by atoms with Crippen LogP contribution in [0, 0.1) is 6.92 Å². The van der Waals surface area contributed by atoms with Crippen molar-refractivity contribution in [3.05, 3.63) is 76.1 Å². The fraction of sp³-hybridized carbons (Fsp3) is 0.333. The first-order valence-electron chi connectivity index (χ1n) is 14.3. The van der Waals surface area contributed by atoms with Gasteiger partial charge in [-0.2, -0.15) is 0 Å². The van der Waals surface area contributed by atoms with E-state index < -0.39 is 35.6 Å². The molecule has 0 bridgehead atoms. The highest BCUT2D eigenvalue weighted by molar-refractivity contribution is 5.99. The summed E-state index contributed by atoms with van der Waals surface area (Å²) < 4.78 is 10.6. The van der Waals surface area contributed by atoms with Gasteiger partial charge < -0.3 is 48.0 Å². The van der Waals surface area contributed by atoms with E-state index in [0.29, 0.717) is 29.5 Å². The molecule has 0 radical (unpaired) electrons. The smallest absolute Gasteiger partial charge is 0.408 e. The van der Waals surface area contributed by atoms with E-state index in [9.17, 15) is 19.2 Å². The molecule has 3 rings (SSSR count). The number of aryl methyl sites for hydroxylation is 1. The van der Waals surface area contributed by atoms with Crippen molar-refractivity contribution in [1.82, 2.24) is 10.6 Å². The van der Waals surface area contributed by atoms with Gasteiger partial charge >= 0.3 is 11.7 Å². The number of aliphatic imine (C=N–C) groups is 2. The number of anilines is 1. The second kappa shape index (κ2) is 16.9. The molecule has 2 atom stereocenters. The quantitative estimate of drug-likeness (QED) is 0.0546. The monoisotopic (exact) mass is 621 g/mol. The summed E-state index contributed by atoms with van der Waals surface area (Å²) in [7, 11) is 0. The highest BCUT2D eigenvalue weighted by Crippen LogP contribution is 2.21. The highest BCUT2D eigenvalue weighted by Gasteiger charge is 2.27. The van der Waals surface area contributed by atoms with Crippen LogP contribution in [0.1, 0.15) is 36.8 Å². The molecular weight excluding hydrogens is 582 g/mol. The van der Waals surface area contributed by atoms with Gasteiger partial charge in [0.2, 0.25) is 11.8 Å². The Morgan fingerprint density at radius 1 is 0.844 bits per heavy atom. The van der Waals surface area contributed by atoms with E-state index in [4.69, 9.17) is 32.1 Å². The Kier molecular flexibility index (Phi) is 12.7. The molecule has 0 fully saturated rings. The van der Waals surface area contributed by atoms with E-state index >= 15 is 0 Å². The molecule has 45 heavy (non-hydrogen) atoms. The van der Waals surface area contributed by atoms with Crippen molar-refractivity contribution < 1.29 is 23.5 Å². The van der Waals surface area contributed by atoms with Gasteiger partial charge in [-0.1, -0.05) is 30.3 Å². The fourth-order valence-electron chi connectivity index (χ4n) is 4.36. The van der Waals surface area contributed by atoms with Crippen LogP contribution in [0.4, 0.5) is 10.5 Å². The number of hydrogen-bond donors (Lipinski definition) is 7. The molecular formula is C30H39N9O6. The summed E-state index contributed by atoms with van der Waals surface area (Å²) in [6, 6.07) is 13.2. The average Bonchev–Trinajstić information content (AvgIpc) is 2.99. The lowest BCUT2D eigenvalue weighted by Gasteiger charge is -2.23. The Hall–Kier alpha value is -5.60. The predicted molar refractivity (Wildman–Crippen MR) is 171 cm³/mol. The maximum absolute atomic E-state index is 13.5. The van der Waals surface area contributed by atoms with Crippen LogP contribution in [0.25, 0.3) is 11.0 Å². The first-order valence-corrected chi connectivity index (χ1v) is 14.3. The number of carbonyl (C=O) groups excluding carboxylic acids is 3. The van der Waals surface area contributed by atoms with Crippen molar-refractivity contribution in [3.8, 4) is 0 Å². The number of amides is 3. The molecule has 3 aromatic rings. The molecule has 3 amide bonds. The number of hydrogen-bond acceptors (Lipinski definition) is 8. The summed E-state index contributed by atoms with van der Waals surface area (Å²) >= 11 is 0. The van der Waals surface area contributed by atoms with Crippen LogP contribution in [0.2, 0.25) is 0 Å². The largest absolute Gasteiger partial charge is 0.445 e. The standard InChI is InChI=1S/C30H39N9O6/c1-18-15-25(40)45-24-16-20(11-12-21(18)24)37-26(41)22(9-5-13-35-28(31)32)38-27(42)23(10-6-14-36-29(33)34)39-30(43)44-17-19-7-3-2-4-8-19/h2-4,7-8,11-12,15-16,22-23H,5-6,9-10,13-14,17H2,1H3,(H,37,41)(H,38,42)(H,39,43)(H4,31,32,35)(H4,33,34,36)/t22-,23+/m1/s1. The molecule has 0 saturated carbocycles. The Morgan fingerprint density at radius 3 is 2.09 bits per heavy atom. The molecule has 0 aliphatic heterocycles. The predicted octanol–water partition coefficient (Wildman–Crippen LogP) is 0.927. The summed E-state index contributed by atoms with van der Waals surface area (Å²) in [5.74, 6) is -1.38. The summed E-state index contributed by atoms with van der Waals surface area (Å²) in [5.41, 5.74) is 23.2. The number of guanidine groups is 2. The molecule has 1 aromatic heterocycles. The summed E-state index contributed by atoms with van der Waals surface area (Å²) in [6.45, 7) is 2.20. The number of ether oxygens (including phenoxy) is 1. The van der Waals surface area contributed by atoms with Gasteiger partial charge in [0.05, 0.1) is 0 Å². The van der Waals surface area contributed by atoms with E-state index in [1.807, 2.05) is 18.2 Å². The third kappa shape index (κ3) is 11.5. The van der Waals surface area contributed by atoms with Gasteiger partial charge in [0.1, 0.15) is 24.3 Å². The Morgan fingerprint density at radius 2 is 1.47 bits per heavy atom. The molecule has 0 unspecified atom stereocenters. The van der Waals surface area contributed by atoms with Crippen LogP contribution in [0.5, 0.6) is 0 Å². The number of benzene rings is 2. The van der Waals surface area contributed by atoms with E-state index in [0.717, 1.165) is 11.1 Å². The Balaban J connectivity index is 1.75. The van der Waals surface area contributed by atoms with Gasteiger partial charge in [-0.15, -0.1) is 0 Å². The highest BCUT2D eigenvalue weighted by atomic mass is 16.5. The van der Waals surface area contributed by atoms with Crippen LogP contribution in [0.15, 0.2) is 73.8 Å². The van der Waals surface area contributed by atoms with Crippen LogP contribution in [-0.2, 0) is 20.9 Å². The average molecular weight is 622 g/mol. The lowest BCUT2D eigenvalue weighted by molar-refractivity contribution is -0.128. The SMILES string of the molecule is Cc1cc(=O)oc2cc(NC(=O)[C@@H](CCCN=C(N)N)NC(=O)[C@H](CCCN=C(N)N)NC(=O)OCc3ccccc3)ccc12. The summed E-state index contributed by atoms with van der Waals surface area (Å²) in [4.78, 5) is 59.2. The van der Waals surface area contributed by atoms with Crippen LogP contribution in [-0.4, -0.2) is 55.0 Å². The minimum Gasteiger partial charge on any atom is -0.445 e. The number of carbonyl (C=O) groups is 3. The van der Waals surface area contributed by atoms with Crippen molar-refractivity contribution in [3.63, 3.8) is 0 Å². The lowest BCUT2D eigenvalue weighted by atomic mass is 10.1. The number of nitrogens with two attached hydrogens (primary N) is 4. The third-order valence-electron chi connectivity index (χ3n) is 6.56. The molecule has 240 valence electrons. The zero-order valence-electron chi connectivity index (χ0n) is 25.0. The zero-order valence-corrected chi connectivity index (χ0v) is 25.0. The summed E-state index contributed by atoms with van der Waals surface area (Å²) in [6.07, 6.45) is 0.188. The zero-order chi connectivity index (χ0) is 32.8. The minimum atomic E-state index is -1.08. The van der Waals surface area contributed by atoms with Crippen molar-refractivity contribution in [2.24, 2.45) is 32.9 Å². The number of rotatable bonds is 15. The van der Waals surface area contributed by atoms with Gasteiger partial charge in [-0.3, -0.25) is 19.6 Å². The summed E-state index contributed by atoms with van der Waals surface area (Å²) in [5, 5.41) is 8.75. The van der Waals surface area contributed by atoms with Gasteiger partial charge in [-0.05, 0) is 55.9 Å². The molecule has 0 aliphatic rings. The maximum atomic E-state index is 13.5. The molecule has 11 N–H and O–H groups in total. The van der Waals surface area contributed by atoms with E-state index in [-0.39, 0.29) is 44.5 Å². The Bertz CT molecular complexity index is 1580. The molecule has 15 heteroatoms. The number of nitrogens with zero attached hydrogens (tertiary/aromatic N) is 2. The number of fused-ring (bicyclic) bond motifs is 1. The second-order valence-corrected chi connectivity index (χ2v) is 10.2. The van der Waals surface area contributed by atoms with Crippen molar-refractivity contribution in [1.29, 1.82) is 0 Å². The van der Waals surface area contributed by atoms with E-state index in [1.54, 1.807) is 31.2 Å². The van der Waals surface area contributed by atoms with Crippen LogP contribution >= 0.6 is 0 Å². The molecule has 0 spiro atoms. The number of alkyl carbamates (subject to hydrolysis) is 1. The van der Waals surface area contributed by atoms with Gasteiger partial charge in [-0.25, -0.2) is 9.59 Å². The molecule has 15 nitrogen and oxygen atoms in total. The van der Waals surface area contributed by atoms with E-state index in [1.165, 1.54) is 12.1 Å². The van der Waals surface area contributed by atoms with Crippen molar-refractivity contribution in [2.45, 2.75) is 51.3 Å². The normalized spacial score (nSPS) is 11.9. The van der Waals surface area contributed by atoms with Gasteiger partial charge in [0.15, 0.2) is 11.9 Å². The fourth-order valence-corrected chi connectivity index (χ4v) is 4.36. The molecule has 2 aromatic carbocycles. The first kappa shape index (κ1) is 33.9. The molecule has 0 aliphatic carbocycles. The van der Waals surface area contributed by atoms with Gasteiger partial charge in [0, 0.05) is 36.3 Å². The number of nitrogens with one attached hydrogen (secondary N) is 3. The first-order chi connectivity index (χ1) is 21.5.